The Hall–Kier alpha value is -1.76. The molecule has 0 bridgehead atoms. The van der Waals surface area contributed by atoms with Crippen molar-refractivity contribution in [2.24, 2.45) is 0 Å². The quantitative estimate of drug-likeness (QED) is 0.507. The summed E-state index contributed by atoms with van der Waals surface area (Å²) in [6, 6.07) is 4.18. The largest absolute Gasteiger partial charge is 0.399 e. The van der Waals surface area contributed by atoms with Crippen molar-refractivity contribution in [2.45, 2.75) is 13.0 Å². The van der Waals surface area contributed by atoms with Crippen molar-refractivity contribution in [1.82, 2.24) is 4.90 Å². The molecule has 1 aliphatic heterocycles. The number of nitrogens with zero attached hydrogens (tertiary/aromatic N) is 2. The lowest BCUT2D eigenvalue weighted by Crippen LogP contribution is -2.44. The van der Waals surface area contributed by atoms with Crippen LogP contribution >= 0.6 is 11.8 Å². The maximum atomic E-state index is 12.4. The Kier molecular flexibility index (Phi) is 3.94. The van der Waals surface area contributed by atoms with Crippen LogP contribution < -0.4 is 5.73 Å². The molecule has 0 radical (unpaired) electrons. The predicted molar refractivity (Wildman–Crippen MR) is 75.3 cm³/mol. The third-order valence-corrected chi connectivity index (χ3v) is 4.27. The number of hydrogen-bond donors (Lipinski definition) is 1. The first-order chi connectivity index (χ1) is 9.00. The van der Waals surface area contributed by atoms with Gasteiger partial charge in [0.1, 0.15) is 5.56 Å². The lowest BCUT2D eigenvalue weighted by Gasteiger charge is -2.33. The normalized spacial score (nSPS) is 19.2. The van der Waals surface area contributed by atoms with Crippen LogP contribution in [0.15, 0.2) is 18.2 Å². The Morgan fingerprint density at radius 1 is 1.58 bits per heavy atom. The van der Waals surface area contributed by atoms with Crippen molar-refractivity contribution >= 4 is 29.0 Å². The second kappa shape index (κ2) is 5.48. The molecule has 7 heteroatoms. The van der Waals surface area contributed by atoms with Crippen LogP contribution in [0.2, 0.25) is 0 Å². The van der Waals surface area contributed by atoms with E-state index in [-0.39, 0.29) is 23.2 Å². The summed E-state index contributed by atoms with van der Waals surface area (Å²) in [5, 5.41) is 11.0. The monoisotopic (exact) mass is 281 g/mol. The highest BCUT2D eigenvalue weighted by Crippen LogP contribution is 2.25. The van der Waals surface area contributed by atoms with Crippen molar-refractivity contribution in [3.05, 3.63) is 33.9 Å². The van der Waals surface area contributed by atoms with Crippen molar-refractivity contribution in [1.29, 1.82) is 0 Å². The second-order valence-electron chi connectivity index (χ2n) is 4.46. The number of carbonyl (C=O) groups is 1. The van der Waals surface area contributed by atoms with Gasteiger partial charge in [0.2, 0.25) is 0 Å². The van der Waals surface area contributed by atoms with Crippen molar-refractivity contribution < 1.29 is 9.72 Å². The number of amides is 1. The Balaban J connectivity index is 2.37. The molecular formula is C12H15N3O3S. The van der Waals surface area contributed by atoms with Gasteiger partial charge in [-0.05, 0) is 19.1 Å². The summed E-state index contributed by atoms with van der Waals surface area (Å²) in [5.74, 6) is 1.39. The highest BCUT2D eigenvalue weighted by atomic mass is 32.2. The number of carbonyl (C=O) groups excluding carboxylic acids is 1. The summed E-state index contributed by atoms with van der Waals surface area (Å²) in [6.07, 6.45) is 0. The third kappa shape index (κ3) is 2.81. The minimum absolute atomic E-state index is 0.0729. The number of rotatable bonds is 2. The van der Waals surface area contributed by atoms with E-state index in [2.05, 4.69) is 0 Å². The second-order valence-corrected chi connectivity index (χ2v) is 5.61. The van der Waals surface area contributed by atoms with E-state index in [9.17, 15) is 14.9 Å². The van der Waals surface area contributed by atoms with Gasteiger partial charge in [0.25, 0.3) is 11.6 Å². The zero-order valence-electron chi connectivity index (χ0n) is 10.5. The standard InChI is InChI=1S/C12H15N3O3S/c1-8-7-19-5-4-14(8)12(16)10-6-9(13)2-3-11(10)15(17)18/h2-3,6,8H,4-5,7,13H2,1H3. The van der Waals surface area contributed by atoms with Crippen LogP contribution in [0.3, 0.4) is 0 Å². The SMILES string of the molecule is CC1CSCCN1C(=O)c1cc(N)ccc1[N+](=O)[O-]. The number of nitrogens with two attached hydrogens (primary N) is 1. The van der Waals surface area contributed by atoms with E-state index in [1.54, 1.807) is 16.7 Å². The van der Waals surface area contributed by atoms with Crippen LogP contribution in [0.1, 0.15) is 17.3 Å². The fraction of sp³-hybridized carbons (Fsp3) is 0.417. The average molecular weight is 281 g/mol. The molecule has 1 aromatic rings. The summed E-state index contributed by atoms with van der Waals surface area (Å²) < 4.78 is 0. The van der Waals surface area contributed by atoms with Gasteiger partial charge in [-0.3, -0.25) is 14.9 Å². The molecule has 1 aliphatic rings. The van der Waals surface area contributed by atoms with E-state index < -0.39 is 4.92 Å². The van der Waals surface area contributed by atoms with Crippen molar-refractivity contribution in [3.63, 3.8) is 0 Å². The Morgan fingerprint density at radius 3 is 2.95 bits per heavy atom. The molecule has 1 saturated heterocycles. The number of nitro benzene ring substituents is 1. The highest BCUT2D eigenvalue weighted by molar-refractivity contribution is 7.99. The van der Waals surface area contributed by atoms with Gasteiger partial charge in [-0.15, -0.1) is 0 Å². The van der Waals surface area contributed by atoms with Crippen molar-refractivity contribution in [2.75, 3.05) is 23.8 Å². The molecule has 6 nitrogen and oxygen atoms in total. The Labute approximate surface area is 115 Å². The number of hydrogen-bond acceptors (Lipinski definition) is 5. The number of nitro groups is 1. The molecule has 1 atom stereocenters. The van der Waals surface area contributed by atoms with Gasteiger partial charge >= 0.3 is 0 Å². The minimum Gasteiger partial charge on any atom is -0.399 e. The first kappa shape index (κ1) is 13.7. The summed E-state index contributed by atoms with van der Waals surface area (Å²) in [6.45, 7) is 2.55. The molecule has 1 fully saturated rings. The number of thioether (sulfide) groups is 1. The van der Waals surface area contributed by atoms with Crippen LogP contribution in [-0.2, 0) is 0 Å². The molecular weight excluding hydrogens is 266 g/mol. The molecule has 1 heterocycles. The van der Waals surface area contributed by atoms with Gasteiger partial charge in [0.05, 0.1) is 4.92 Å². The third-order valence-electron chi connectivity index (χ3n) is 3.08. The predicted octanol–water partition coefficient (Wildman–Crippen LogP) is 1.75. The van der Waals surface area contributed by atoms with Gasteiger partial charge < -0.3 is 10.6 Å². The van der Waals surface area contributed by atoms with Gasteiger partial charge in [0, 0.05) is 35.8 Å². The first-order valence-electron chi connectivity index (χ1n) is 5.93. The summed E-state index contributed by atoms with van der Waals surface area (Å²) in [5.41, 5.74) is 5.87. The van der Waals surface area contributed by atoms with Gasteiger partial charge in [-0.2, -0.15) is 11.8 Å². The minimum atomic E-state index is -0.546. The van der Waals surface area contributed by atoms with Crippen molar-refractivity contribution in [3.8, 4) is 0 Å². The summed E-state index contributed by atoms with van der Waals surface area (Å²) in [4.78, 5) is 24.6. The molecule has 0 aliphatic carbocycles. The molecule has 0 saturated carbocycles. The summed E-state index contributed by atoms with van der Waals surface area (Å²) >= 11 is 1.78. The maximum absolute atomic E-state index is 12.4. The van der Waals surface area contributed by atoms with Gasteiger partial charge in [0.15, 0.2) is 0 Å². The molecule has 0 spiro atoms. The highest BCUT2D eigenvalue weighted by Gasteiger charge is 2.29. The van der Waals surface area contributed by atoms with Crippen LogP contribution in [0.5, 0.6) is 0 Å². The van der Waals surface area contributed by atoms with E-state index in [0.717, 1.165) is 11.5 Å². The van der Waals surface area contributed by atoms with Crippen LogP contribution in [0.25, 0.3) is 0 Å². The Morgan fingerprint density at radius 2 is 2.32 bits per heavy atom. The lowest BCUT2D eigenvalue weighted by atomic mass is 10.1. The number of nitrogen functional groups attached to an aromatic ring is 1. The van der Waals surface area contributed by atoms with E-state index in [1.165, 1.54) is 18.2 Å². The zero-order chi connectivity index (χ0) is 14.0. The molecule has 0 aromatic heterocycles. The maximum Gasteiger partial charge on any atom is 0.282 e. The Bertz CT molecular complexity index is 521. The fourth-order valence-corrected chi connectivity index (χ4v) is 3.08. The van der Waals surface area contributed by atoms with Crippen LogP contribution in [-0.4, -0.2) is 39.8 Å². The van der Waals surface area contributed by atoms with E-state index in [1.807, 2.05) is 6.92 Å². The van der Waals surface area contributed by atoms with Gasteiger partial charge in [-0.25, -0.2) is 0 Å². The molecule has 1 amide bonds. The van der Waals surface area contributed by atoms with E-state index >= 15 is 0 Å². The lowest BCUT2D eigenvalue weighted by molar-refractivity contribution is -0.385. The van der Waals surface area contributed by atoms with E-state index in [4.69, 9.17) is 5.73 Å². The molecule has 1 aromatic carbocycles. The molecule has 19 heavy (non-hydrogen) atoms. The number of benzene rings is 1. The fourth-order valence-electron chi connectivity index (χ4n) is 2.07. The molecule has 1 unspecified atom stereocenters. The topological polar surface area (TPSA) is 89.5 Å². The van der Waals surface area contributed by atoms with Crippen LogP contribution in [0.4, 0.5) is 11.4 Å². The van der Waals surface area contributed by atoms with Gasteiger partial charge in [-0.1, -0.05) is 0 Å². The summed E-state index contributed by atoms with van der Waals surface area (Å²) in [7, 11) is 0. The van der Waals surface area contributed by atoms with Crippen LogP contribution in [0, 0.1) is 10.1 Å². The average Bonchev–Trinajstić information content (AvgIpc) is 2.38. The number of anilines is 1. The molecule has 2 N–H and O–H groups in total. The zero-order valence-corrected chi connectivity index (χ0v) is 11.4. The smallest absolute Gasteiger partial charge is 0.282 e. The first-order valence-corrected chi connectivity index (χ1v) is 7.09. The van der Waals surface area contributed by atoms with E-state index in [0.29, 0.717) is 12.2 Å². The molecule has 102 valence electrons. The molecule has 2 rings (SSSR count).